The fraction of sp³-hybridized carbons (Fsp3) is 0.250. The Labute approximate surface area is 115 Å². The van der Waals surface area contributed by atoms with Gasteiger partial charge in [-0.1, -0.05) is 48.5 Å². The van der Waals surface area contributed by atoms with Crippen LogP contribution in [0.1, 0.15) is 31.4 Å². The quantitative estimate of drug-likeness (QED) is 0.679. The van der Waals surface area contributed by atoms with Crippen molar-refractivity contribution in [3.05, 3.63) is 71.9 Å². The summed E-state index contributed by atoms with van der Waals surface area (Å²) in [5, 5.41) is 4.13. The molecule has 0 bridgehead atoms. The van der Waals surface area contributed by atoms with Crippen molar-refractivity contribution < 1.29 is 0 Å². The van der Waals surface area contributed by atoms with Crippen LogP contribution in [-0.2, 0) is 0 Å². The maximum Gasteiger partial charge on any atom is 0.0719 e. The Morgan fingerprint density at radius 1 is 1.44 bits per heavy atom. The van der Waals surface area contributed by atoms with Crippen LogP contribution < -0.4 is 5.32 Å². The molecule has 1 unspecified atom stereocenters. The Morgan fingerprint density at radius 3 is 2.72 bits per heavy atom. The van der Waals surface area contributed by atoms with Gasteiger partial charge >= 0.3 is 0 Å². The van der Waals surface area contributed by atoms with Crippen molar-refractivity contribution in [3.63, 3.8) is 0 Å². The van der Waals surface area contributed by atoms with Gasteiger partial charge in [0.1, 0.15) is 0 Å². The van der Waals surface area contributed by atoms with Crippen molar-refractivity contribution in [3.8, 4) is 0 Å². The molecule has 0 saturated heterocycles. The molecule has 1 rings (SSSR count). The third-order valence-electron chi connectivity index (χ3n) is 2.67. The lowest BCUT2D eigenvalue weighted by molar-refractivity contribution is 0.655. The number of rotatable bonds is 7. The lowest BCUT2D eigenvalue weighted by Gasteiger charge is -2.22. The van der Waals surface area contributed by atoms with E-state index in [0.29, 0.717) is 0 Å². The first-order valence-electron chi connectivity index (χ1n) is 6.00. The zero-order chi connectivity index (χ0) is 13.5. The summed E-state index contributed by atoms with van der Waals surface area (Å²) in [6.45, 7) is 13.8. The SMILES string of the molecule is C=CCCC(=C)NC(C(=C)C)c1cccc(Cl)c1. The molecular formula is C16H20ClN. The molecule has 0 aromatic heterocycles. The molecular weight excluding hydrogens is 242 g/mol. The molecule has 0 aliphatic rings. The van der Waals surface area contributed by atoms with Crippen LogP contribution in [0.25, 0.3) is 0 Å². The second-order valence-corrected chi connectivity index (χ2v) is 4.85. The van der Waals surface area contributed by atoms with E-state index in [-0.39, 0.29) is 6.04 Å². The molecule has 0 saturated carbocycles. The highest BCUT2D eigenvalue weighted by Gasteiger charge is 2.12. The molecule has 0 radical (unpaired) electrons. The van der Waals surface area contributed by atoms with Crippen LogP contribution in [0.5, 0.6) is 0 Å². The molecule has 96 valence electrons. The van der Waals surface area contributed by atoms with Gasteiger partial charge in [-0.3, -0.25) is 0 Å². The summed E-state index contributed by atoms with van der Waals surface area (Å²) >= 11 is 6.02. The maximum absolute atomic E-state index is 6.02. The normalized spacial score (nSPS) is 11.7. The maximum atomic E-state index is 6.02. The largest absolute Gasteiger partial charge is 0.378 e. The van der Waals surface area contributed by atoms with Crippen molar-refractivity contribution in [1.82, 2.24) is 5.32 Å². The average molecular weight is 262 g/mol. The standard InChI is InChI=1S/C16H20ClN/c1-5-6-8-13(4)18-16(12(2)3)14-9-7-10-15(17)11-14/h5,7,9-11,16,18H,1-2,4,6,8H2,3H3. The topological polar surface area (TPSA) is 12.0 Å². The van der Waals surface area contributed by atoms with Gasteiger partial charge in [0.25, 0.3) is 0 Å². The zero-order valence-electron chi connectivity index (χ0n) is 10.9. The van der Waals surface area contributed by atoms with Crippen LogP contribution in [0.15, 0.2) is 61.3 Å². The number of halogens is 1. The van der Waals surface area contributed by atoms with E-state index >= 15 is 0 Å². The van der Waals surface area contributed by atoms with E-state index in [2.05, 4.69) is 25.1 Å². The molecule has 1 atom stereocenters. The molecule has 0 fully saturated rings. The minimum Gasteiger partial charge on any atom is -0.378 e. The highest BCUT2D eigenvalue weighted by molar-refractivity contribution is 6.30. The molecule has 1 aromatic rings. The van der Waals surface area contributed by atoms with Gasteiger partial charge in [-0.05, 0) is 37.5 Å². The zero-order valence-corrected chi connectivity index (χ0v) is 11.6. The summed E-state index contributed by atoms with van der Waals surface area (Å²) in [4.78, 5) is 0. The van der Waals surface area contributed by atoms with E-state index in [1.54, 1.807) is 0 Å². The molecule has 0 heterocycles. The summed E-state index contributed by atoms with van der Waals surface area (Å²) in [6, 6.07) is 7.86. The van der Waals surface area contributed by atoms with Crippen molar-refractivity contribution in [1.29, 1.82) is 0 Å². The first-order valence-corrected chi connectivity index (χ1v) is 6.38. The lowest BCUT2D eigenvalue weighted by atomic mass is 10.0. The molecule has 0 aliphatic heterocycles. The van der Waals surface area contributed by atoms with E-state index in [0.717, 1.165) is 34.7 Å². The third-order valence-corrected chi connectivity index (χ3v) is 2.91. The molecule has 0 amide bonds. The van der Waals surface area contributed by atoms with Crippen LogP contribution in [0.2, 0.25) is 5.02 Å². The molecule has 1 aromatic carbocycles. The number of nitrogens with one attached hydrogen (secondary N) is 1. The van der Waals surface area contributed by atoms with Gasteiger partial charge in [-0.15, -0.1) is 6.58 Å². The molecule has 18 heavy (non-hydrogen) atoms. The Bertz CT molecular complexity index is 448. The van der Waals surface area contributed by atoms with E-state index in [1.807, 2.05) is 37.3 Å². The van der Waals surface area contributed by atoms with Gasteiger partial charge in [0.2, 0.25) is 0 Å². The van der Waals surface area contributed by atoms with Crippen molar-refractivity contribution in [2.24, 2.45) is 0 Å². The minimum absolute atomic E-state index is 0.0565. The van der Waals surface area contributed by atoms with Gasteiger partial charge < -0.3 is 5.32 Å². The number of benzene rings is 1. The van der Waals surface area contributed by atoms with Gasteiger partial charge in [-0.25, -0.2) is 0 Å². The summed E-state index contributed by atoms with van der Waals surface area (Å²) in [5.41, 5.74) is 3.13. The Balaban J connectivity index is 2.80. The van der Waals surface area contributed by atoms with Crippen LogP contribution in [0.4, 0.5) is 0 Å². The van der Waals surface area contributed by atoms with Gasteiger partial charge in [0, 0.05) is 10.7 Å². The smallest absolute Gasteiger partial charge is 0.0719 e. The highest BCUT2D eigenvalue weighted by Crippen LogP contribution is 2.24. The number of allylic oxidation sites excluding steroid dienone is 2. The van der Waals surface area contributed by atoms with Crippen LogP contribution in [0.3, 0.4) is 0 Å². The average Bonchev–Trinajstić information content (AvgIpc) is 2.33. The van der Waals surface area contributed by atoms with E-state index in [4.69, 9.17) is 11.6 Å². The Morgan fingerprint density at radius 2 is 2.17 bits per heavy atom. The molecule has 0 aliphatic carbocycles. The van der Waals surface area contributed by atoms with Crippen LogP contribution >= 0.6 is 11.6 Å². The predicted octanol–water partition coefficient (Wildman–Crippen LogP) is 5.03. The third kappa shape index (κ3) is 4.42. The number of hydrogen-bond donors (Lipinski definition) is 1. The second-order valence-electron chi connectivity index (χ2n) is 4.41. The summed E-state index contributed by atoms with van der Waals surface area (Å²) in [7, 11) is 0. The fourth-order valence-corrected chi connectivity index (χ4v) is 1.93. The van der Waals surface area contributed by atoms with Crippen molar-refractivity contribution in [2.75, 3.05) is 0 Å². The van der Waals surface area contributed by atoms with Crippen molar-refractivity contribution in [2.45, 2.75) is 25.8 Å². The molecule has 1 nitrogen and oxygen atoms in total. The fourth-order valence-electron chi connectivity index (χ4n) is 1.73. The van der Waals surface area contributed by atoms with Crippen LogP contribution in [-0.4, -0.2) is 0 Å². The van der Waals surface area contributed by atoms with Gasteiger partial charge in [0.15, 0.2) is 0 Å². The molecule has 0 spiro atoms. The van der Waals surface area contributed by atoms with E-state index < -0.39 is 0 Å². The first kappa shape index (κ1) is 14.6. The lowest BCUT2D eigenvalue weighted by Crippen LogP contribution is -2.21. The number of hydrogen-bond acceptors (Lipinski definition) is 1. The monoisotopic (exact) mass is 261 g/mol. The summed E-state index contributed by atoms with van der Waals surface area (Å²) in [6.07, 6.45) is 3.69. The molecule has 1 N–H and O–H groups in total. The van der Waals surface area contributed by atoms with Crippen molar-refractivity contribution >= 4 is 11.6 Å². The van der Waals surface area contributed by atoms with Gasteiger partial charge in [0.05, 0.1) is 6.04 Å². The van der Waals surface area contributed by atoms with Crippen LogP contribution in [0, 0.1) is 0 Å². The summed E-state index contributed by atoms with van der Waals surface area (Å²) < 4.78 is 0. The van der Waals surface area contributed by atoms with E-state index in [9.17, 15) is 0 Å². The highest BCUT2D eigenvalue weighted by atomic mass is 35.5. The second kappa shape index (κ2) is 7.07. The minimum atomic E-state index is 0.0565. The molecule has 2 heteroatoms. The first-order chi connectivity index (χ1) is 8.54. The summed E-state index contributed by atoms with van der Waals surface area (Å²) in [5.74, 6) is 0. The Kier molecular flexibility index (Phi) is 5.73. The Hall–Kier alpha value is -1.47. The van der Waals surface area contributed by atoms with Gasteiger partial charge in [-0.2, -0.15) is 0 Å². The predicted molar refractivity (Wildman–Crippen MR) is 80.7 cm³/mol. The van der Waals surface area contributed by atoms with E-state index in [1.165, 1.54) is 0 Å².